The number of carbonyl (C=O) groups is 2. The van der Waals surface area contributed by atoms with Crippen molar-refractivity contribution < 1.29 is 9.59 Å². The zero-order valence-electron chi connectivity index (χ0n) is 16.1. The molecule has 1 aromatic heterocycles. The summed E-state index contributed by atoms with van der Waals surface area (Å²) in [7, 11) is 0. The van der Waals surface area contributed by atoms with Crippen molar-refractivity contribution in [1.29, 1.82) is 0 Å². The Hall–Kier alpha value is -2.31. The molecule has 8 heteroatoms. The van der Waals surface area contributed by atoms with Gasteiger partial charge in [-0.05, 0) is 31.0 Å². The highest BCUT2D eigenvalue weighted by Crippen LogP contribution is 2.22. The topological polar surface area (TPSA) is 83.1 Å². The highest BCUT2D eigenvalue weighted by atomic mass is 35.5. The van der Waals surface area contributed by atoms with Gasteiger partial charge >= 0.3 is 0 Å². The number of halogens is 2. The van der Waals surface area contributed by atoms with Gasteiger partial charge in [-0.1, -0.05) is 54.7 Å². The second-order valence-corrected chi connectivity index (χ2v) is 7.61. The van der Waals surface area contributed by atoms with Crippen molar-refractivity contribution in [3.63, 3.8) is 0 Å². The number of anilines is 1. The van der Waals surface area contributed by atoms with E-state index in [2.05, 4.69) is 20.9 Å². The monoisotopic (exact) mass is 422 g/mol. The molecule has 2 amide bonds. The van der Waals surface area contributed by atoms with Crippen LogP contribution in [0.1, 0.15) is 29.8 Å². The number of aryl methyl sites for hydroxylation is 1. The molecule has 28 heavy (non-hydrogen) atoms. The van der Waals surface area contributed by atoms with Gasteiger partial charge in [0.05, 0.1) is 10.0 Å². The summed E-state index contributed by atoms with van der Waals surface area (Å²) in [5, 5.41) is 9.53. The van der Waals surface area contributed by atoms with E-state index in [0.717, 1.165) is 5.56 Å². The van der Waals surface area contributed by atoms with E-state index in [0.29, 0.717) is 34.5 Å². The van der Waals surface area contributed by atoms with E-state index in [-0.39, 0.29) is 17.7 Å². The van der Waals surface area contributed by atoms with Gasteiger partial charge < -0.3 is 16.0 Å². The van der Waals surface area contributed by atoms with E-state index >= 15 is 0 Å². The van der Waals surface area contributed by atoms with Gasteiger partial charge in [0.25, 0.3) is 5.91 Å². The molecule has 2 aromatic rings. The van der Waals surface area contributed by atoms with Crippen LogP contribution in [0.3, 0.4) is 0 Å². The average molecular weight is 423 g/mol. The van der Waals surface area contributed by atoms with Crippen LogP contribution in [0.2, 0.25) is 10.0 Å². The lowest BCUT2D eigenvalue weighted by Crippen LogP contribution is -2.50. The van der Waals surface area contributed by atoms with E-state index in [4.69, 9.17) is 23.2 Å². The molecule has 1 atom stereocenters. The maximum absolute atomic E-state index is 12.5. The molecule has 0 radical (unpaired) electrons. The molecule has 1 aromatic carbocycles. The third-order valence-corrected chi connectivity index (χ3v) is 4.54. The lowest BCUT2D eigenvalue weighted by atomic mass is 10.0. The van der Waals surface area contributed by atoms with Crippen LogP contribution in [0.5, 0.6) is 0 Å². The first-order valence-electron chi connectivity index (χ1n) is 8.98. The third kappa shape index (κ3) is 6.39. The van der Waals surface area contributed by atoms with E-state index < -0.39 is 6.04 Å². The highest BCUT2D eigenvalue weighted by Gasteiger charge is 2.24. The Bertz CT molecular complexity index is 843. The number of benzene rings is 1. The number of aromatic nitrogens is 1. The first kappa shape index (κ1) is 22.0. The molecule has 2 rings (SSSR count). The number of rotatable bonds is 8. The van der Waals surface area contributed by atoms with Gasteiger partial charge in [0.15, 0.2) is 0 Å². The Labute approximate surface area is 175 Å². The summed E-state index contributed by atoms with van der Waals surface area (Å²) in [6, 6.07) is 8.20. The summed E-state index contributed by atoms with van der Waals surface area (Å²) < 4.78 is 0. The lowest BCUT2D eigenvalue weighted by Gasteiger charge is -2.22. The summed E-state index contributed by atoms with van der Waals surface area (Å²) in [4.78, 5) is 29.1. The Balaban J connectivity index is 1.87. The number of hydrogen-bond donors (Lipinski definition) is 3. The van der Waals surface area contributed by atoms with Gasteiger partial charge in [0.1, 0.15) is 11.9 Å². The van der Waals surface area contributed by atoms with Crippen molar-refractivity contribution in [2.75, 3.05) is 18.4 Å². The highest BCUT2D eigenvalue weighted by molar-refractivity contribution is 6.35. The smallest absolute Gasteiger partial charge is 0.251 e. The first-order chi connectivity index (χ1) is 13.3. The molecule has 1 unspecified atom stereocenters. The van der Waals surface area contributed by atoms with Gasteiger partial charge in [0.2, 0.25) is 5.91 Å². The van der Waals surface area contributed by atoms with Crippen molar-refractivity contribution in [1.82, 2.24) is 15.6 Å². The van der Waals surface area contributed by atoms with Crippen molar-refractivity contribution in [3.8, 4) is 0 Å². The summed E-state index contributed by atoms with van der Waals surface area (Å²) >= 11 is 11.9. The average Bonchev–Trinajstić information content (AvgIpc) is 2.64. The molecule has 0 aliphatic heterocycles. The largest absolute Gasteiger partial charge is 0.367 e. The van der Waals surface area contributed by atoms with Crippen LogP contribution in [-0.2, 0) is 4.79 Å². The van der Waals surface area contributed by atoms with Gasteiger partial charge in [-0.25, -0.2) is 4.98 Å². The van der Waals surface area contributed by atoms with Crippen LogP contribution in [0.25, 0.3) is 0 Å². The van der Waals surface area contributed by atoms with E-state index in [1.807, 2.05) is 32.9 Å². The van der Waals surface area contributed by atoms with Crippen molar-refractivity contribution in [2.24, 2.45) is 5.92 Å². The third-order valence-electron chi connectivity index (χ3n) is 4.04. The van der Waals surface area contributed by atoms with Crippen LogP contribution in [0.15, 0.2) is 36.5 Å². The standard InChI is InChI=1S/C20H24Cl2N4O2/c1-12(2)17(26-19(27)14-6-4-5-13(3)9-14)20(28)24-8-7-23-18-16(22)10-15(21)11-25-18/h4-6,9-12,17H,7-8H2,1-3H3,(H,23,25)(H,24,28)(H,26,27). The fourth-order valence-corrected chi connectivity index (χ4v) is 3.01. The molecular weight excluding hydrogens is 399 g/mol. The van der Waals surface area contributed by atoms with E-state index in [9.17, 15) is 9.59 Å². The molecular formula is C20H24Cl2N4O2. The van der Waals surface area contributed by atoms with Gasteiger partial charge in [-0.15, -0.1) is 0 Å². The van der Waals surface area contributed by atoms with Gasteiger partial charge in [-0.3, -0.25) is 9.59 Å². The Morgan fingerprint density at radius 2 is 1.89 bits per heavy atom. The minimum absolute atomic E-state index is 0.0610. The van der Waals surface area contributed by atoms with Crippen molar-refractivity contribution >= 4 is 40.8 Å². The number of pyridine rings is 1. The maximum Gasteiger partial charge on any atom is 0.251 e. The van der Waals surface area contributed by atoms with Crippen molar-refractivity contribution in [3.05, 3.63) is 57.7 Å². The Morgan fingerprint density at radius 3 is 2.54 bits per heavy atom. The fourth-order valence-electron chi connectivity index (χ4n) is 2.57. The molecule has 0 aliphatic carbocycles. The number of hydrogen-bond acceptors (Lipinski definition) is 4. The number of amides is 2. The van der Waals surface area contributed by atoms with E-state index in [1.165, 1.54) is 6.20 Å². The molecule has 0 spiro atoms. The van der Waals surface area contributed by atoms with Crippen LogP contribution in [0, 0.1) is 12.8 Å². The SMILES string of the molecule is Cc1cccc(C(=O)NC(C(=O)NCCNc2ncc(Cl)cc2Cl)C(C)C)c1. The summed E-state index contributed by atoms with van der Waals surface area (Å²) in [5.74, 6) is -0.0802. The lowest BCUT2D eigenvalue weighted by molar-refractivity contribution is -0.123. The second-order valence-electron chi connectivity index (χ2n) is 6.77. The van der Waals surface area contributed by atoms with E-state index in [1.54, 1.807) is 18.2 Å². The summed E-state index contributed by atoms with van der Waals surface area (Å²) in [6.45, 7) is 6.46. The molecule has 0 fully saturated rings. The molecule has 1 heterocycles. The molecule has 0 saturated carbocycles. The van der Waals surface area contributed by atoms with Crippen LogP contribution >= 0.6 is 23.2 Å². The number of nitrogens with zero attached hydrogens (tertiary/aromatic N) is 1. The maximum atomic E-state index is 12.5. The summed E-state index contributed by atoms with van der Waals surface area (Å²) in [5.41, 5.74) is 1.52. The molecule has 0 saturated heterocycles. The predicted molar refractivity (Wildman–Crippen MR) is 113 cm³/mol. The second kappa shape index (κ2) is 10.3. The van der Waals surface area contributed by atoms with Crippen LogP contribution in [-0.4, -0.2) is 35.9 Å². The molecule has 150 valence electrons. The van der Waals surface area contributed by atoms with Gasteiger partial charge in [0, 0.05) is 24.8 Å². The quantitative estimate of drug-likeness (QED) is 0.566. The molecule has 0 bridgehead atoms. The van der Waals surface area contributed by atoms with Gasteiger partial charge in [-0.2, -0.15) is 0 Å². The fraction of sp³-hybridized carbons (Fsp3) is 0.350. The Kier molecular flexibility index (Phi) is 8.08. The minimum atomic E-state index is -0.634. The number of nitrogens with one attached hydrogen (secondary N) is 3. The Morgan fingerprint density at radius 1 is 1.14 bits per heavy atom. The predicted octanol–water partition coefficient (Wildman–Crippen LogP) is 3.68. The van der Waals surface area contributed by atoms with Crippen molar-refractivity contribution in [2.45, 2.75) is 26.8 Å². The minimum Gasteiger partial charge on any atom is -0.367 e. The number of carbonyl (C=O) groups excluding carboxylic acids is 2. The normalized spacial score (nSPS) is 11.8. The zero-order valence-corrected chi connectivity index (χ0v) is 17.6. The van der Waals surface area contributed by atoms with Crippen LogP contribution in [0.4, 0.5) is 5.82 Å². The summed E-state index contributed by atoms with van der Waals surface area (Å²) in [6.07, 6.45) is 1.49. The zero-order chi connectivity index (χ0) is 20.7. The molecule has 3 N–H and O–H groups in total. The molecule has 0 aliphatic rings. The first-order valence-corrected chi connectivity index (χ1v) is 9.73. The van der Waals surface area contributed by atoms with Crippen LogP contribution < -0.4 is 16.0 Å². The molecule has 6 nitrogen and oxygen atoms in total.